The molecule has 0 radical (unpaired) electrons. The van der Waals surface area contributed by atoms with Crippen LogP contribution in [0.4, 0.5) is 0 Å². The van der Waals surface area contributed by atoms with Crippen LogP contribution < -0.4 is 5.32 Å². The number of nitrogens with zero attached hydrogens (tertiary/aromatic N) is 3. The van der Waals surface area contributed by atoms with Gasteiger partial charge in [0.2, 0.25) is 5.89 Å². The van der Waals surface area contributed by atoms with Gasteiger partial charge in [-0.05, 0) is 45.7 Å². The Bertz CT molecular complexity index is 851. The van der Waals surface area contributed by atoms with Gasteiger partial charge in [-0.3, -0.25) is 9.79 Å². The van der Waals surface area contributed by atoms with Crippen LogP contribution in [0.5, 0.6) is 0 Å². The Morgan fingerprint density at radius 2 is 2.10 bits per heavy atom. The molecule has 2 heterocycles. The lowest BCUT2D eigenvalue weighted by molar-refractivity contribution is -0.149. The minimum atomic E-state index is -0.107. The van der Waals surface area contributed by atoms with E-state index in [1.54, 1.807) is 6.26 Å². The molecule has 1 aliphatic rings. The molecule has 1 aliphatic heterocycles. The molecule has 31 heavy (non-hydrogen) atoms. The number of carbonyl (C=O) groups excluding carboxylic acids is 1. The predicted octanol–water partition coefficient (Wildman–Crippen LogP) is 4.05. The number of oxazole rings is 1. The smallest absolute Gasteiger partial charge is 0.310 e. The zero-order valence-electron chi connectivity index (χ0n) is 18.6. The van der Waals surface area contributed by atoms with Gasteiger partial charge in [0.1, 0.15) is 6.26 Å². The van der Waals surface area contributed by atoms with Gasteiger partial charge in [-0.1, -0.05) is 17.7 Å². The number of ether oxygens (including phenoxy) is 1. The van der Waals surface area contributed by atoms with E-state index in [1.165, 1.54) is 5.56 Å². The van der Waals surface area contributed by atoms with Crippen molar-refractivity contribution >= 4 is 35.9 Å². The number of hydrogen-bond acceptors (Lipinski definition) is 5. The molecule has 1 aromatic carbocycles. The van der Waals surface area contributed by atoms with Crippen molar-refractivity contribution in [3.8, 4) is 11.5 Å². The summed E-state index contributed by atoms with van der Waals surface area (Å²) >= 11 is 0. The third-order valence-electron chi connectivity index (χ3n) is 5.16. The van der Waals surface area contributed by atoms with Gasteiger partial charge in [0.15, 0.2) is 5.96 Å². The van der Waals surface area contributed by atoms with Gasteiger partial charge in [0, 0.05) is 38.2 Å². The average Bonchev–Trinajstić information content (AvgIpc) is 3.23. The molecule has 0 bridgehead atoms. The first-order valence-electron chi connectivity index (χ1n) is 10.8. The van der Waals surface area contributed by atoms with E-state index in [9.17, 15) is 4.79 Å². The SMILES string of the molecule is CCNC(=NCCc1coc(-c2ccc(C)cc2)n1)N1CCCC(C(=O)OCC)C1.I. The molecule has 1 fully saturated rings. The molecule has 3 rings (SSSR count). The van der Waals surface area contributed by atoms with Crippen molar-refractivity contribution in [3.63, 3.8) is 0 Å². The van der Waals surface area contributed by atoms with Gasteiger partial charge >= 0.3 is 5.97 Å². The topological polar surface area (TPSA) is 80.0 Å². The highest BCUT2D eigenvalue weighted by Crippen LogP contribution is 2.20. The van der Waals surface area contributed by atoms with E-state index in [1.807, 2.05) is 38.1 Å². The van der Waals surface area contributed by atoms with Crippen molar-refractivity contribution in [1.82, 2.24) is 15.2 Å². The molecular formula is C23H33IN4O3. The molecule has 7 nitrogen and oxygen atoms in total. The lowest BCUT2D eigenvalue weighted by atomic mass is 9.98. The monoisotopic (exact) mass is 540 g/mol. The number of carbonyl (C=O) groups is 1. The van der Waals surface area contributed by atoms with Gasteiger partial charge in [-0.2, -0.15) is 0 Å². The molecule has 1 N–H and O–H groups in total. The van der Waals surface area contributed by atoms with E-state index in [4.69, 9.17) is 14.1 Å². The highest BCUT2D eigenvalue weighted by molar-refractivity contribution is 14.0. The molecule has 1 saturated heterocycles. The van der Waals surface area contributed by atoms with Crippen LogP contribution in [0.1, 0.15) is 37.9 Å². The van der Waals surface area contributed by atoms with Crippen LogP contribution in [-0.4, -0.2) is 54.6 Å². The number of piperidine rings is 1. The molecule has 0 spiro atoms. The van der Waals surface area contributed by atoms with Crippen LogP contribution >= 0.6 is 24.0 Å². The second-order valence-electron chi connectivity index (χ2n) is 7.53. The number of guanidine groups is 1. The maximum atomic E-state index is 12.1. The van der Waals surface area contributed by atoms with E-state index >= 15 is 0 Å². The van der Waals surface area contributed by atoms with Gasteiger partial charge in [0.25, 0.3) is 0 Å². The van der Waals surface area contributed by atoms with Crippen molar-refractivity contribution in [1.29, 1.82) is 0 Å². The standard InChI is InChI=1S/C23H32N4O3.HI/c1-4-24-23(27-14-6-7-19(15-27)22(28)29-5-2)25-13-12-20-16-30-21(26-20)18-10-8-17(3)9-11-18;/h8-11,16,19H,4-7,12-15H2,1-3H3,(H,24,25);1H. The minimum absolute atomic E-state index is 0. The largest absolute Gasteiger partial charge is 0.466 e. The molecule has 170 valence electrons. The molecule has 1 aromatic heterocycles. The summed E-state index contributed by atoms with van der Waals surface area (Å²) in [5, 5.41) is 3.35. The Kier molecular flexibility index (Phi) is 10.3. The third-order valence-corrected chi connectivity index (χ3v) is 5.16. The molecule has 0 aliphatic carbocycles. The molecule has 8 heteroatoms. The number of aromatic nitrogens is 1. The van der Waals surface area contributed by atoms with E-state index in [0.29, 0.717) is 32.0 Å². The summed E-state index contributed by atoms with van der Waals surface area (Å²) in [4.78, 5) is 23.6. The lowest BCUT2D eigenvalue weighted by Crippen LogP contribution is -2.48. The fraction of sp³-hybridized carbons (Fsp3) is 0.522. The Balaban J connectivity index is 0.00000341. The van der Waals surface area contributed by atoms with Crippen LogP contribution in [0.25, 0.3) is 11.5 Å². The van der Waals surface area contributed by atoms with E-state index in [-0.39, 0.29) is 35.9 Å². The number of aryl methyl sites for hydroxylation is 1. The molecular weight excluding hydrogens is 507 g/mol. The van der Waals surface area contributed by atoms with Crippen LogP contribution in [-0.2, 0) is 16.0 Å². The Labute approximate surface area is 201 Å². The van der Waals surface area contributed by atoms with Crippen molar-refractivity contribution in [3.05, 3.63) is 41.8 Å². The van der Waals surface area contributed by atoms with E-state index in [0.717, 1.165) is 43.1 Å². The second kappa shape index (κ2) is 12.7. The number of rotatable bonds is 7. The summed E-state index contributed by atoms with van der Waals surface area (Å²) < 4.78 is 10.8. The van der Waals surface area contributed by atoms with E-state index in [2.05, 4.69) is 22.1 Å². The van der Waals surface area contributed by atoms with Crippen LogP contribution in [0, 0.1) is 12.8 Å². The summed E-state index contributed by atoms with van der Waals surface area (Å²) in [5.41, 5.74) is 3.06. The number of halogens is 1. The maximum Gasteiger partial charge on any atom is 0.310 e. The van der Waals surface area contributed by atoms with Crippen LogP contribution in [0.15, 0.2) is 39.9 Å². The van der Waals surface area contributed by atoms with Crippen LogP contribution in [0.3, 0.4) is 0 Å². The van der Waals surface area contributed by atoms with Crippen molar-refractivity contribution in [2.24, 2.45) is 10.9 Å². The van der Waals surface area contributed by atoms with Gasteiger partial charge in [0.05, 0.1) is 18.2 Å². The Hall–Kier alpha value is -2.10. The summed E-state index contributed by atoms with van der Waals surface area (Å²) in [6.45, 7) is 9.29. The first kappa shape index (κ1) is 25.2. The number of hydrogen-bond donors (Lipinski definition) is 1. The third kappa shape index (κ3) is 7.22. The zero-order valence-corrected chi connectivity index (χ0v) is 20.9. The highest BCUT2D eigenvalue weighted by atomic mass is 127. The first-order valence-corrected chi connectivity index (χ1v) is 10.8. The summed E-state index contributed by atoms with van der Waals surface area (Å²) in [5.74, 6) is 1.28. The van der Waals surface area contributed by atoms with Crippen molar-refractivity contribution in [2.45, 2.75) is 40.0 Å². The quantitative estimate of drug-likeness (QED) is 0.247. The van der Waals surface area contributed by atoms with E-state index < -0.39 is 0 Å². The van der Waals surface area contributed by atoms with Gasteiger partial charge < -0.3 is 19.4 Å². The lowest BCUT2D eigenvalue weighted by Gasteiger charge is -2.34. The summed E-state index contributed by atoms with van der Waals surface area (Å²) in [6, 6.07) is 8.13. The number of benzene rings is 1. The van der Waals surface area contributed by atoms with Crippen LogP contribution in [0.2, 0.25) is 0 Å². The fourth-order valence-corrected chi connectivity index (χ4v) is 3.57. The number of esters is 1. The molecule has 1 unspecified atom stereocenters. The minimum Gasteiger partial charge on any atom is -0.466 e. The first-order chi connectivity index (χ1) is 14.6. The number of likely N-dealkylation sites (tertiary alicyclic amines) is 1. The zero-order chi connectivity index (χ0) is 21.3. The second-order valence-corrected chi connectivity index (χ2v) is 7.53. The van der Waals surface area contributed by atoms with Gasteiger partial charge in [-0.25, -0.2) is 4.98 Å². The normalized spacial score (nSPS) is 16.5. The molecule has 1 atom stereocenters. The Morgan fingerprint density at radius 3 is 2.81 bits per heavy atom. The summed E-state index contributed by atoms with van der Waals surface area (Å²) in [7, 11) is 0. The highest BCUT2D eigenvalue weighted by Gasteiger charge is 2.28. The Morgan fingerprint density at radius 1 is 1.32 bits per heavy atom. The number of nitrogens with one attached hydrogen (secondary N) is 1. The summed E-state index contributed by atoms with van der Waals surface area (Å²) in [6.07, 6.45) is 4.22. The van der Waals surface area contributed by atoms with Crippen molar-refractivity contribution in [2.75, 3.05) is 32.8 Å². The molecule has 0 amide bonds. The average molecular weight is 540 g/mol. The van der Waals surface area contributed by atoms with Gasteiger partial charge in [-0.15, -0.1) is 24.0 Å². The molecule has 2 aromatic rings. The number of aliphatic imine (C=N–C) groups is 1. The maximum absolute atomic E-state index is 12.1. The van der Waals surface area contributed by atoms with Crippen molar-refractivity contribution < 1.29 is 13.9 Å². The molecule has 0 saturated carbocycles. The fourth-order valence-electron chi connectivity index (χ4n) is 3.57. The predicted molar refractivity (Wildman–Crippen MR) is 133 cm³/mol.